The largest absolute Gasteiger partial charge is 0.450 e. The first kappa shape index (κ1) is 14.7. The van der Waals surface area contributed by atoms with Gasteiger partial charge in [0.15, 0.2) is 6.61 Å². The first-order valence-corrected chi connectivity index (χ1v) is 6.12. The molecule has 0 saturated carbocycles. The highest BCUT2D eigenvalue weighted by molar-refractivity contribution is 5.94. The molecule has 1 amide bonds. The van der Waals surface area contributed by atoms with E-state index in [1.807, 2.05) is 0 Å². The molecule has 1 N–H and O–H groups in total. The fourth-order valence-electron chi connectivity index (χ4n) is 1.53. The number of hydrogen-bond acceptors (Lipinski definition) is 5. The van der Waals surface area contributed by atoms with Gasteiger partial charge in [-0.25, -0.2) is 9.18 Å². The van der Waals surface area contributed by atoms with Gasteiger partial charge in [-0.1, -0.05) is 11.2 Å². The van der Waals surface area contributed by atoms with Crippen LogP contribution in [0, 0.1) is 19.7 Å². The summed E-state index contributed by atoms with van der Waals surface area (Å²) in [5.41, 5.74) is 1.29. The molecule has 2 aromatic rings. The smallest absolute Gasteiger partial charge is 0.377 e. The van der Waals surface area contributed by atoms with Crippen molar-refractivity contribution in [1.29, 1.82) is 0 Å². The highest BCUT2D eigenvalue weighted by atomic mass is 19.1. The zero-order chi connectivity index (χ0) is 15.4. The Morgan fingerprint density at radius 2 is 2.10 bits per heavy atom. The Hall–Kier alpha value is -2.70. The lowest BCUT2D eigenvalue weighted by Crippen LogP contribution is -2.20. The molecule has 0 spiro atoms. The van der Waals surface area contributed by atoms with Gasteiger partial charge in [-0.3, -0.25) is 4.79 Å². The van der Waals surface area contributed by atoms with Crippen LogP contribution in [0.5, 0.6) is 0 Å². The van der Waals surface area contributed by atoms with Crippen molar-refractivity contribution in [2.75, 3.05) is 11.9 Å². The van der Waals surface area contributed by atoms with Crippen molar-refractivity contribution in [3.8, 4) is 0 Å². The second kappa shape index (κ2) is 6.17. The van der Waals surface area contributed by atoms with Crippen LogP contribution in [0.1, 0.15) is 21.8 Å². The van der Waals surface area contributed by atoms with Gasteiger partial charge in [0.2, 0.25) is 5.76 Å². The van der Waals surface area contributed by atoms with Gasteiger partial charge in [0, 0.05) is 11.8 Å². The SMILES string of the molecule is Cc1cc(C(=O)OCC(=O)Nc2ccc(C)c(F)c2)on1. The molecule has 0 aliphatic heterocycles. The lowest BCUT2D eigenvalue weighted by Gasteiger charge is -2.06. The second-order valence-corrected chi connectivity index (χ2v) is 4.42. The van der Waals surface area contributed by atoms with E-state index in [1.54, 1.807) is 19.9 Å². The molecule has 21 heavy (non-hydrogen) atoms. The summed E-state index contributed by atoms with van der Waals surface area (Å²) in [5.74, 6) is -1.88. The molecule has 0 aliphatic rings. The molecule has 0 fully saturated rings. The van der Waals surface area contributed by atoms with Crippen LogP contribution in [0.4, 0.5) is 10.1 Å². The van der Waals surface area contributed by atoms with Gasteiger partial charge in [0.05, 0.1) is 5.69 Å². The molecule has 0 atom stereocenters. The lowest BCUT2D eigenvalue weighted by atomic mass is 10.2. The number of anilines is 1. The number of nitrogens with zero attached hydrogens (tertiary/aromatic N) is 1. The molecule has 110 valence electrons. The summed E-state index contributed by atoms with van der Waals surface area (Å²) in [5, 5.41) is 5.95. The summed E-state index contributed by atoms with van der Waals surface area (Å²) in [6.07, 6.45) is 0. The topological polar surface area (TPSA) is 81.4 Å². The van der Waals surface area contributed by atoms with E-state index in [9.17, 15) is 14.0 Å². The summed E-state index contributed by atoms with van der Waals surface area (Å²) < 4.78 is 22.8. The number of hydrogen-bond donors (Lipinski definition) is 1. The first-order chi connectivity index (χ1) is 9.95. The van der Waals surface area contributed by atoms with Crippen LogP contribution in [0.15, 0.2) is 28.8 Å². The van der Waals surface area contributed by atoms with Crippen LogP contribution < -0.4 is 5.32 Å². The van der Waals surface area contributed by atoms with Crippen molar-refractivity contribution in [3.05, 3.63) is 47.1 Å². The van der Waals surface area contributed by atoms with Crippen LogP contribution >= 0.6 is 0 Å². The summed E-state index contributed by atoms with van der Waals surface area (Å²) in [6, 6.07) is 5.68. The van der Waals surface area contributed by atoms with Crippen LogP contribution in [0.2, 0.25) is 0 Å². The Balaban J connectivity index is 1.87. The summed E-state index contributed by atoms with van der Waals surface area (Å²) in [7, 11) is 0. The van der Waals surface area contributed by atoms with Gasteiger partial charge in [-0.2, -0.15) is 0 Å². The van der Waals surface area contributed by atoms with Crippen LogP contribution in [-0.2, 0) is 9.53 Å². The number of amides is 1. The average Bonchev–Trinajstić information content (AvgIpc) is 2.87. The molecule has 1 aromatic heterocycles. The molecule has 0 saturated heterocycles. The third-order valence-electron chi connectivity index (χ3n) is 2.62. The molecule has 0 bridgehead atoms. The van der Waals surface area contributed by atoms with Crippen molar-refractivity contribution in [3.63, 3.8) is 0 Å². The number of halogens is 1. The van der Waals surface area contributed by atoms with Crippen LogP contribution in [0.3, 0.4) is 0 Å². The molecular weight excluding hydrogens is 279 g/mol. The molecule has 2 rings (SSSR count). The number of aromatic nitrogens is 1. The van der Waals surface area contributed by atoms with Crippen molar-refractivity contribution in [2.45, 2.75) is 13.8 Å². The van der Waals surface area contributed by atoms with E-state index in [4.69, 9.17) is 9.26 Å². The van der Waals surface area contributed by atoms with Gasteiger partial charge in [-0.15, -0.1) is 0 Å². The molecule has 1 aromatic carbocycles. The Morgan fingerprint density at radius 1 is 1.33 bits per heavy atom. The van der Waals surface area contributed by atoms with Crippen molar-refractivity contribution in [2.24, 2.45) is 0 Å². The minimum absolute atomic E-state index is 0.0818. The number of ether oxygens (including phenoxy) is 1. The first-order valence-electron chi connectivity index (χ1n) is 6.12. The molecule has 0 radical (unpaired) electrons. The average molecular weight is 292 g/mol. The zero-order valence-corrected chi connectivity index (χ0v) is 11.5. The normalized spacial score (nSPS) is 10.2. The molecule has 6 nitrogen and oxygen atoms in total. The van der Waals surface area contributed by atoms with E-state index in [0.29, 0.717) is 11.3 Å². The van der Waals surface area contributed by atoms with Crippen molar-refractivity contribution >= 4 is 17.6 Å². The number of aryl methyl sites for hydroxylation is 2. The lowest BCUT2D eigenvalue weighted by molar-refractivity contribution is -0.119. The molecule has 1 heterocycles. The monoisotopic (exact) mass is 292 g/mol. The van der Waals surface area contributed by atoms with E-state index in [1.165, 1.54) is 18.2 Å². The maximum Gasteiger partial charge on any atom is 0.377 e. The highest BCUT2D eigenvalue weighted by Crippen LogP contribution is 2.13. The summed E-state index contributed by atoms with van der Waals surface area (Å²) in [6.45, 7) is 2.76. The van der Waals surface area contributed by atoms with Crippen molar-refractivity contribution in [1.82, 2.24) is 5.16 Å². The quantitative estimate of drug-likeness (QED) is 0.874. The van der Waals surface area contributed by atoms with E-state index >= 15 is 0 Å². The standard InChI is InChI=1S/C14H13FN2O4/c1-8-3-4-10(6-11(8)15)16-13(18)7-20-14(19)12-5-9(2)17-21-12/h3-6H,7H2,1-2H3,(H,16,18). The number of rotatable bonds is 4. The van der Waals surface area contributed by atoms with E-state index in [0.717, 1.165) is 0 Å². The molecule has 0 aliphatic carbocycles. The highest BCUT2D eigenvalue weighted by Gasteiger charge is 2.15. The maximum absolute atomic E-state index is 13.3. The van der Waals surface area contributed by atoms with Gasteiger partial charge < -0.3 is 14.6 Å². The van der Waals surface area contributed by atoms with Gasteiger partial charge in [0.1, 0.15) is 5.82 Å². The predicted molar refractivity (Wildman–Crippen MR) is 71.3 cm³/mol. The van der Waals surface area contributed by atoms with Gasteiger partial charge in [0.25, 0.3) is 5.91 Å². The third-order valence-corrected chi connectivity index (χ3v) is 2.62. The minimum Gasteiger partial charge on any atom is -0.450 e. The van der Waals surface area contributed by atoms with Gasteiger partial charge >= 0.3 is 5.97 Å². The molecule has 0 unspecified atom stereocenters. The molecule has 7 heteroatoms. The Kier molecular flexibility index (Phi) is 4.32. The number of carbonyl (C=O) groups excluding carboxylic acids is 2. The van der Waals surface area contributed by atoms with E-state index in [2.05, 4.69) is 10.5 Å². The Bertz CT molecular complexity index is 681. The predicted octanol–water partition coefficient (Wildman–Crippen LogP) is 2.23. The Morgan fingerprint density at radius 3 is 2.71 bits per heavy atom. The van der Waals surface area contributed by atoms with Crippen LogP contribution in [0.25, 0.3) is 0 Å². The van der Waals surface area contributed by atoms with Gasteiger partial charge in [-0.05, 0) is 31.5 Å². The summed E-state index contributed by atoms with van der Waals surface area (Å²) in [4.78, 5) is 23.1. The van der Waals surface area contributed by atoms with E-state index in [-0.39, 0.29) is 11.4 Å². The zero-order valence-electron chi connectivity index (χ0n) is 11.5. The number of carbonyl (C=O) groups is 2. The maximum atomic E-state index is 13.3. The van der Waals surface area contributed by atoms with Crippen molar-refractivity contribution < 1.29 is 23.2 Å². The fraction of sp³-hybridized carbons (Fsp3) is 0.214. The second-order valence-electron chi connectivity index (χ2n) is 4.42. The Labute approximate surface area is 119 Å². The number of benzene rings is 1. The number of esters is 1. The third kappa shape index (κ3) is 3.88. The minimum atomic E-state index is -0.791. The number of nitrogens with one attached hydrogen (secondary N) is 1. The van der Waals surface area contributed by atoms with E-state index < -0.39 is 24.3 Å². The summed E-state index contributed by atoms with van der Waals surface area (Å²) >= 11 is 0. The molecular formula is C14H13FN2O4. The van der Waals surface area contributed by atoms with Crippen LogP contribution in [-0.4, -0.2) is 23.6 Å². The fourth-order valence-corrected chi connectivity index (χ4v) is 1.53.